The first kappa shape index (κ1) is 13.6. The summed E-state index contributed by atoms with van der Waals surface area (Å²) in [5.41, 5.74) is 3.14. The molecule has 23 heavy (non-hydrogen) atoms. The first-order chi connectivity index (χ1) is 11.1. The first-order valence-electron chi connectivity index (χ1n) is 7.20. The highest BCUT2D eigenvalue weighted by molar-refractivity contribution is 6.32. The third kappa shape index (κ3) is 1.75. The second-order valence-electron chi connectivity index (χ2n) is 5.45. The maximum atomic E-state index is 12.9. The Hall–Kier alpha value is -3.02. The van der Waals surface area contributed by atoms with Gasteiger partial charge in [0.1, 0.15) is 5.56 Å². The lowest BCUT2D eigenvalue weighted by Crippen LogP contribution is -2.27. The third-order valence-corrected chi connectivity index (χ3v) is 4.29. The van der Waals surface area contributed by atoms with Crippen molar-refractivity contribution in [2.24, 2.45) is 4.99 Å². The van der Waals surface area contributed by atoms with Crippen molar-refractivity contribution < 1.29 is 14.5 Å². The van der Waals surface area contributed by atoms with Gasteiger partial charge in [0.05, 0.1) is 17.7 Å². The summed E-state index contributed by atoms with van der Waals surface area (Å²) in [4.78, 5) is 28.5. The van der Waals surface area contributed by atoms with Crippen molar-refractivity contribution in [2.75, 3.05) is 13.7 Å². The maximum absolute atomic E-state index is 12.9. The highest BCUT2D eigenvalue weighted by Gasteiger charge is 2.39. The van der Waals surface area contributed by atoms with Crippen LogP contribution in [0, 0.1) is 10.1 Å². The van der Waals surface area contributed by atoms with Crippen molar-refractivity contribution in [3.63, 3.8) is 0 Å². The zero-order chi connectivity index (χ0) is 16.1. The van der Waals surface area contributed by atoms with E-state index in [1.165, 1.54) is 7.11 Å². The number of benzene rings is 2. The van der Waals surface area contributed by atoms with E-state index in [0.717, 1.165) is 11.1 Å². The molecule has 2 aromatic rings. The fraction of sp³-hybridized carbons (Fsp3) is 0.176. The number of methoxy groups -OCH3 is 1. The molecule has 0 aromatic heterocycles. The molecule has 6 nitrogen and oxygen atoms in total. The number of aliphatic imine (C=N–C) groups is 1. The Labute approximate surface area is 131 Å². The molecule has 0 amide bonds. The van der Waals surface area contributed by atoms with E-state index < -0.39 is 4.92 Å². The average molecular weight is 308 g/mol. The number of fused-ring (bicyclic) bond motifs is 2. The van der Waals surface area contributed by atoms with Crippen LogP contribution < -0.4 is 4.74 Å². The van der Waals surface area contributed by atoms with Crippen LogP contribution in [0.4, 0.5) is 5.69 Å². The molecule has 0 bridgehead atoms. The number of carbonyl (C=O) groups is 1. The van der Waals surface area contributed by atoms with Gasteiger partial charge < -0.3 is 4.74 Å². The van der Waals surface area contributed by atoms with Gasteiger partial charge in [0.15, 0.2) is 5.75 Å². The van der Waals surface area contributed by atoms with E-state index in [4.69, 9.17) is 4.74 Å². The van der Waals surface area contributed by atoms with E-state index in [0.29, 0.717) is 29.8 Å². The average Bonchev–Trinajstić information content (AvgIpc) is 2.58. The zero-order valence-corrected chi connectivity index (χ0v) is 12.3. The monoisotopic (exact) mass is 308 g/mol. The maximum Gasteiger partial charge on any atom is 0.322 e. The van der Waals surface area contributed by atoms with E-state index in [2.05, 4.69) is 4.99 Å². The molecule has 0 spiro atoms. The summed E-state index contributed by atoms with van der Waals surface area (Å²) < 4.78 is 5.18. The van der Waals surface area contributed by atoms with E-state index in [9.17, 15) is 14.9 Å². The summed E-state index contributed by atoms with van der Waals surface area (Å²) in [7, 11) is 1.38. The Morgan fingerprint density at radius 3 is 2.65 bits per heavy atom. The van der Waals surface area contributed by atoms with Crippen LogP contribution in [0.3, 0.4) is 0 Å². The lowest BCUT2D eigenvalue weighted by molar-refractivity contribution is -0.386. The van der Waals surface area contributed by atoms with Crippen molar-refractivity contribution >= 4 is 17.2 Å². The molecule has 0 radical (unpaired) electrons. The number of rotatable bonds is 2. The van der Waals surface area contributed by atoms with Crippen LogP contribution in [0.5, 0.6) is 5.75 Å². The van der Waals surface area contributed by atoms with Crippen molar-refractivity contribution in [2.45, 2.75) is 6.42 Å². The number of nitro benzene ring substituents is 1. The number of nitrogens with zero attached hydrogens (tertiary/aromatic N) is 2. The van der Waals surface area contributed by atoms with Crippen LogP contribution >= 0.6 is 0 Å². The van der Waals surface area contributed by atoms with Gasteiger partial charge in [-0.15, -0.1) is 0 Å². The third-order valence-electron chi connectivity index (χ3n) is 4.29. The standard InChI is InChI=1S/C17H12N2O4/c1-23-12-8-9-6-7-18-15-10-4-2-3-5-11(10)17(20)14(13(9)15)16(12)19(21)22/h2-5,8H,6-7H2,1H3. The molecule has 1 heterocycles. The Balaban J connectivity index is 2.15. The fourth-order valence-electron chi connectivity index (χ4n) is 3.34. The SMILES string of the molecule is COc1cc2c3c(c1[N+](=O)[O-])C(=O)c1ccccc1C3=NCC2. The summed E-state index contributed by atoms with van der Waals surface area (Å²) in [6.45, 7) is 0.589. The minimum Gasteiger partial charge on any atom is -0.490 e. The summed E-state index contributed by atoms with van der Waals surface area (Å²) in [6.07, 6.45) is 0.635. The molecule has 1 aliphatic heterocycles. The van der Waals surface area contributed by atoms with Crippen molar-refractivity contribution in [1.29, 1.82) is 0 Å². The van der Waals surface area contributed by atoms with Crippen LogP contribution in [0.25, 0.3) is 0 Å². The highest BCUT2D eigenvalue weighted by atomic mass is 16.6. The molecule has 4 rings (SSSR count). The van der Waals surface area contributed by atoms with Crippen LogP contribution in [-0.2, 0) is 6.42 Å². The number of carbonyl (C=O) groups excluding carboxylic acids is 1. The van der Waals surface area contributed by atoms with Crippen molar-refractivity contribution in [3.05, 3.63) is 68.3 Å². The van der Waals surface area contributed by atoms with Crippen LogP contribution in [0.1, 0.15) is 32.6 Å². The molecule has 6 heteroatoms. The number of hydrogen-bond acceptors (Lipinski definition) is 5. The lowest BCUT2D eigenvalue weighted by Gasteiger charge is -2.26. The van der Waals surface area contributed by atoms with Crippen LogP contribution in [0.15, 0.2) is 35.3 Å². The van der Waals surface area contributed by atoms with E-state index in [1.54, 1.807) is 18.2 Å². The van der Waals surface area contributed by atoms with Gasteiger partial charge in [-0.05, 0) is 18.1 Å². The number of ketones is 1. The smallest absolute Gasteiger partial charge is 0.322 e. The van der Waals surface area contributed by atoms with E-state index in [-0.39, 0.29) is 22.8 Å². The molecule has 2 aromatic carbocycles. The second-order valence-corrected chi connectivity index (χ2v) is 5.45. The molecule has 0 unspecified atom stereocenters. The Kier molecular flexibility index (Phi) is 2.81. The molecule has 114 valence electrons. The van der Waals surface area contributed by atoms with Gasteiger partial charge in [-0.3, -0.25) is 19.9 Å². The van der Waals surface area contributed by atoms with E-state index >= 15 is 0 Å². The second kappa shape index (κ2) is 4.74. The summed E-state index contributed by atoms with van der Waals surface area (Å²) in [5.74, 6) is -0.221. The minimum atomic E-state index is -0.549. The molecular formula is C17H12N2O4. The van der Waals surface area contributed by atoms with Gasteiger partial charge in [-0.1, -0.05) is 24.3 Å². The lowest BCUT2D eigenvalue weighted by atomic mass is 9.78. The summed E-state index contributed by atoms with van der Waals surface area (Å²) in [5, 5.41) is 11.6. The molecule has 1 aliphatic carbocycles. The molecule has 0 N–H and O–H groups in total. The number of nitro groups is 1. The van der Waals surface area contributed by atoms with Gasteiger partial charge >= 0.3 is 5.69 Å². The van der Waals surface area contributed by atoms with Gasteiger partial charge in [-0.25, -0.2) is 0 Å². The number of hydrogen-bond donors (Lipinski definition) is 0. The Bertz CT molecular complexity index is 915. The fourth-order valence-corrected chi connectivity index (χ4v) is 3.34. The molecule has 0 fully saturated rings. The summed E-state index contributed by atoms with van der Waals surface area (Å²) >= 11 is 0. The summed E-state index contributed by atoms with van der Waals surface area (Å²) in [6, 6.07) is 8.76. The van der Waals surface area contributed by atoms with Crippen molar-refractivity contribution in [3.8, 4) is 5.75 Å². The van der Waals surface area contributed by atoms with Gasteiger partial charge in [0.2, 0.25) is 5.78 Å². The predicted molar refractivity (Wildman–Crippen MR) is 83.7 cm³/mol. The molecule has 0 atom stereocenters. The molecule has 0 saturated carbocycles. The van der Waals surface area contributed by atoms with E-state index in [1.807, 2.05) is 12.1 Å². The predicted octanol–water partition coefficient (Wildman–Crippen LogP) is 2.54. The topological polar surface area (TPSA) is 81.8 Å². The quantitative estimate of drug-likeness (QED) is 0.538. The van der Waals surface area contributed by atoms with Gasteiger partial charge in [-0.2, -0.15) is 0 Å². The Morgan fingerprint density at radius 2 is 1.96 bits per heavy atom. The Morgan fingerprint density at radius 1 is 1.22 bits per heavy atom. The van der Waals surface area contributed by atoms with Gasteiger partial charge in [0, 0.05) is 23.2 Å². The minimum absolute atomic E-state index is 0.0986. The van der Waals surface area contributed by atoms with Crippen LogP contribution in [-0.4, -0.2) is 30.1 Å². The first-order valence-corrected chi connectivity index (χ1v) is 7.20. The normalized spacial score (nSPS) is 14.7. The zero-order valence-electron chi connectivity index (χ0n) is 12.3. The van der Waals surface area contributed by atoms with Gasteiger partial charge in [0.25, 0.3) is 0 Å². The molecular weight excluding hydrogens is 296 g/mol. The molecule has 2 aliphatic rings. The number of ether oxygens (including phenoxy) is 1. The largest absolute Gasteiger partial charge is 0.490 e. The van der Waals surface area contributed by atoms with Crippen molar-refractivity contribution in [1.82, 2.24) is 0 Å². The van der Waals surface area contributed by atoms with Crippen LogP contribution in [0.2, 0.25) is 0 Å². The highest BCUT2D eigenvalue weighted by Crippen LogP contribution is 2.42. The molecule has 0 saturated heterocycles.